The van der Waals surface area contributed by atoms with Crippen LogP contribution in [0.1, 0.15) is 71.1 Å². The van der Waals surface area contributed by atoms with E-state index in [-0.39, 0.29) is 65.7 Å². The molecule has 132 valence electrons. The van der Waals surface area contributed by atoms with Crippen LogP contribution in [-0.2, 0) is 14.3 Å². The van der Waals surface area contributed by atoms with Gasteiger partial charge in [0.05, 0.1) is 19.3 Å². The Hall–Kier alpha value is 1.83. The molecule has 0 rings (SSSR count). The molecular formula is C15H34Na2O5S. The maximum absolute atomic E-state index is 11.4. The van der Waals surface area contributed by atoms with Crippen LogP contribution < -0.4 is 0 Å². The van der Waals surface area contributed by atoms with Gasteiger partial charge in [0.1, 0.15) is 5.75 Å². The van der Waals surface area contributed by atoms with Crippen molar-refractivity contribution >= 4 is 69.2 Å². The number of hydrogen-bond donors (Lipinski definition) is 2. The Morgan fingerprint density at radius 1 is 0.870 bits per heavy atom. The van der Waals surface area contributed by atoms with Crippen LogP contribution >= 0.6 is 0 Å². The fourth-order valence-electron chi connectivity index (χ4n) is 2.11. The van der Waals surface area contributed by atoms with Crippen molar-refractivity contribution in [1.82, 2.24) is 0 Å². The second-order valence-electron chi connectivity index (χ2n) is 5.56. The number of rotatable bonds is 15. The van der Waals surface area contributed by atoms with E-state index < -0.39 is 28.6 Å². The van der Waals surface area contributed by atoms with E-state index in [4.69, 9.17) is 14.4 Å². The van der Waals surface area contributed by atoms with Gasteiger partial charge in [-0.1, -0.05) is 64.7 Å². The van der Waals surface area contributed by atoms with Crippen LogP contribution in [0.4, 0.5) is 0 Å². The first-order valence-corrected chi connectivity index (χ1v) is 9.75. The Kier molecular flexibility index (Phi) is 25.9. The van der Waals surface area contributed by atoms with Crippen LogP contribution in [0.2, 0.25) is 0 Å². The summed E-state index contributed by atoms with van der Waals surface area (Å²) in [4.78, 5) is 0. The van der Waals surface area contributed by atoms with Crippen molar-refractivity contribution in [3.8, 4) is 0 Å². The van der Waals surface area contributed by atoms with E-state index in [0.717, 1.165) is 12.8 Å². The molecule has 0 aromatic heterocycles. The molecule has 0 aromatic rings. The van der Waals surface area contributed by atoms with Gasteiger partial charge in [0.15, 0.2) is 0 Å². The maximum atomic E-state index is 11.4. The molecule has 0 aliphatic rings. The van der Waals surface area contributed by atoms with Crippen molar-refractivity contribution in [3.63, 3.8) is 0 Å². The Morgan fingerprint density at radius 2 is 1.30 bits per heavy atom. The van der Waals surface area contributed by atoms with Gasteiger partial charge in [-0.25, -0.2) is 0 Å². The predicted octanol–water partition coefficient (Wildman–Crippen LogP) is 1.31. The molecule has 0 bridgehead atoms. The average Bonchev–Trinajstić information content (AvgIpc) is 2.44. The van der Waals surface area contributed by atoms with E-state index in [9.17, 15) is 8.42 Å². The SMILES string of the molecule is CCCCCCCCCCCCOS(=O)(=O)CC(O)CO.[NaH].[NaH]. The Bertz CT molecular complexity index is 326. The van der Waals surface area contributed by atoms with Crippen LogP contribution in [-0.4, -0.2) is 103 Å². The third-order valence-corrected chi connectivity index (χ3v) is 4.69. The fraction of sp³-hybridized carbons (Fsp3) is 1.00. The van der Waals surface area contributed by atoms with E-state index in [1.807, 2.05) is 0 Å². The molecule has 0 aliphatic heterocycles. The van der Waals surface area contributed by atoms with Crippen LogP contribution in [0.5, 0.6) is 0 Å². The number of aliphatic hydroxyl groups is 2. The Balaban J connectivity index is -0.00000200. The van der Waals surface area contributed by atoms with Crippen LogP contribution in [0.15, 0.2) is 0 Å². The van der Waals surface area contributed by atoms with Gasteiger partial charge in [0.25, 0.3) is 10.1 Å². The molecule has 1 atom stereocenters. The second kappa shape index (κ2) is 20.1. The molecule has 8 heteroatoms. The van der Waals surface area contributed by atoms with E-state index >= 15 is 0 Å². The van der Waals surface area contributed by atoms with Gasteiger partial charge in [-0.15, -0.1) is 0 Å². The molecular weight excluding hydrogens is 338 g/mol. The van der Waals surface area contributed by atoms with E-state index in [1.165, 1.54) is 44.9 Å². The summed E-state index contributed by atoms with van der Waals surface area (Å²) in [5, 5.41) is 17.6. The van der Waals surface area contributed by atoms with Crippen molar-refractivity contribution < 1.29 is 22.8 Å². The molecule has 0 aliphatic carbocycles. The second-order valence-corrected chi connectivity index (χ2v) is 7.25. The van der Waals surface area contributed by atoms with Crippen LogP contribution in [0.3, 0.4) is 0 Å². The zero-order valence-electron chi connectivity index (χ0n) is 13.3. The standard InChI is InChI=1S/C15H32O5S.2Na.2H/c1-2-3-4-5-6-7-8-9-10-11-12-20-21(18,19)14-15(17)13-16;;;;/h15-17H,2-14H2,1H3;;;;. The monoisotopic (exact) mass is 372 g/mol. The third kappa shape index (κ3) is 21.8. The molecule has 0 aromatic carbocycles. The van der Waals surface area contributed by atoms with Gasteiger partial charge in [-0.2, -0.15) is 8.42 Å². The fourth-order valence-corrected chi connectivity index (χ4v) is 3.16. The summed E-state index contributed by atoms with van der Waals surface area (Å²) >= 11 is 0. The molecule has 1 unspecified atom stereocenters. The number of hydrogen-bond acceptors (Lipinski definition) is 5. The third-order valence-electron chi connectivity index (χ3n) is 3.37. The van der Waals surface area contributed by atoms with E-state index in [0.29, 0.717) is 6.42 Å². The summed E-state index contributed by atoms with van der Waals surface area (Å²) in [6.45, 7) is 1.81. The first-order valence-electron chi connectivity index (χ1n) is 8.18. The normalized spacial score (nSPS) is 12.3. The van der Waals surface area contributed by atoms with Gasteiger partial charge in [0, 0.05) is 0 Å². The first kappa shape index (κ1) is 29.6. The van der Waals surface area contributed by atoms with Gasteiger partial charge in [0.2, 0.25) is 0 Å². The van der Waals surface area contributed by atoms with Gasteiger partial charge in [-0.3, -0.25) is 4.18 Å². The summed E-state index contributed by atoms with van der Waals surface area (Å²) in [5.41, 5.74) is 0. The molecule has 5 nitrogen and oxygen atoms in total. The Labute approximate surface area is 186 Å². The number of unbranched alkanes of at least 4 members (excludes halogenated alkanes) is 9. The number of aliphatic hydroxyl groups excluding tert-OH is 2. The van der Waals surface area contributed by atoms with Gasteiger partial charge < -0.3 is 10.2 Å². The zero-order chi connectivity index (χ0) is 16.0. The molecule has 0 saturated heterocycles. The minimum absolute atomic E-state index is 0. The van der Waals surface area contributed by atoms with Crippen molar-refractivity contribution in [1.29, 1.82) is 0 Å². The molecule has 23 heavy (non-hydrogen) atoms. The molecule has 0 spiro atoms. The summed E-state index contributed by atoms with van der Waals surface area (Å²) in [7, 11) is -3.71. The zero-order valence-corrected chi connectivity index (χ0v) is 14.1. The molecule has 0 saturated carbocycles. The van der Waals surface area contributed by atoms with Crippen molar-refractivity contribution in [2.45, 2.75) is 77.2 Å². The topological polar surface area (TPSA) is 83.8 Å². The van der Waals surface area contributed by atoms with Gasteiger partial charge in [-0.05, 0) is 6.42 Å². The molecule has 0 heterocycles. The first-order chi connectivity index (χ1) is 10.0. The molecule has 0 fully saturated rings. The van der Waals surface area contributed by atoms with E-state index in [2.05, 4.69) is 6.92 Å². The average molecular weight is 372 g/mol. The van der Waals surface area contributed by atoms with Crippen LogP contribution in [0.25, 0.3) is 0 Å². The Morgan fingerprint density at radius 3 is 1.74 bits per heavy atom. The van der Waals surface area contributed by atoms with Crippen molar-refractivity contribution in [3.05, 3.63) is 0 Å². The van der Waals surface area contributed by atoms with Crippen molar-refractivity contribution in [2.75, 3.05) is 19.0 Å². The van der Waals surface area contributed by atoms with Crippen LogP contribution in [0, 0.1) is 0 Å². The quantitative estimate of drug-likeness (QED) is 0.257. The minimum atomic E-state index is -3.71. The molecule has 0 radical (unpaired) electrons. The summed E-state index contributed by atoms with van der Waals surface area (Å²) in [6.07, 6.45) is 10.5. The summed E-state index contributed by atoms with van der Waals surface area (Å²) in [6, 6.07) is 0. The van der Waals surface area contributed by atoms with Gasteiger partial charge >= 0.3 is 59.1 Å². The predicted molar refractivity (Wildman–Crippen MR) is 99.0 cm³/mol. The summed E-state index contributed by atoms with van der Waals surface area (Å²) in [5.74, 6) is -0.540. The van der Waals surface area contributed by atoms with E-state index in [1.54, 1.807) is 0 Å². The van der Waals surface area contributed by atoms with Crippen molar-refractivity contribution in [2.24, 2.45) is 0 Å². The molecule has 0 amide bonds. The molecule has 2 N–H and O–H groups in total. The summed E-state index contributed by atoms with van der Waals surface area (Å²) < 4.78 is 27.5.